The van der Waals surface area contributed by atoms with E-state index in [0.29, 0.717) is 0 Å². The summed E-state index contributed by atoms with van der Waals surface area (Å²) in [5, 5.41) is 2.92. The Morgan fingerprint density at radius 1 is 0.523 bits per heavy atom. The van der Waals surface area contributed by atoms with Gasteiger partial charge in [0.15, 0.2) is 0 Å². The average Bonchev–Trinajstić information content (AvgIpc) is 3.20. The standard InChI is InChI=1S/C42H42BrP/c1-3-5-25-44(43,26-6-4-2)29-39-37(31-17-9-7-10-18-31)27-33-21-13-15-23-35(33)41(39)42-36-24-16-14-22-34(36)28-38(40(42)30-44)32-19-11-8-12-20-32/h7-24,27-28H,3-6,25-26,29-30H2,1-2H3. The molecule has 0 amide bonds. The van der Waals surface area contributed by atoms with Gasteiger partial charge in [-0.1, -0.05) is 0 Å². The van der Waals surface area contributed by atoms with E-state index in [1.165, 1.54) is 92.9 Å². The van der Waals surface area contributed by atoms with E-state index in [1.807, 2.05) is 0 Å². The molecule has 7 rings (SSSR count). The van der Waals surface area contributed by atoms with Gasteiger partial charge in [0.1, 0.15) is 0 Å². The Morgan fingerprint density at radius 2 is 0.909 bits per heavy atom. The Labute approximate surface area is 271 Å². The molecule has 222 valence electrons. The molecule has 0 radical (unpaired) electrons. The van der Waals surface area contributed by atoms with Crippen LogP contribution in [-0.2, 0) is 12.3 Å². The quantitative estimate of drug-likeness (QED) is 0.143. The molecule has 0 atom stereocenters. The molecular weight excluding hydrogens is 615 g/mol. The molecule has 6 aromatic rings. The monoisotopic (exact) mass is 656 g/mol. The molecule has 1 heterocycles. The van der Waals surface area contributed by atoms with Crippen molar-refractivity contribution in [3.63, 3.8) is 0 Å². The van der Waals surface area contributed by atoms with Crippen LogP contribution in [0, 0.1) is 0 Å². The molecule has 0 saturated carbocycles. The summed E-state index contributed by atoms with van der Waals surface area (Å²) < 4.78 is 0. The maximum absolute atomic E-state index is 4.87. The molecule has 1 aliphatic heterocycles. The van der Waals surface area contributed by atoms with Crippen LogP contribution in [0.2, 0.25) is 0 Å². The summed E-state index contributed by atoms with van der Waals surface area (Å²) in [5.41, 5.74) is 11.5. The second-order valence-electron chi connectivity index (χ2n) is 13.0. The number of unbranched alkanes of at least 4 members (excludes halogenated alkanes) is 2. The van der Waals surface area contributed by atoms with Gasteiger partial charge in [0.05, 0.1) is 0 Å². The van der Waals surface area contributed by atoms with Crippen LogP contribution in [-0.4, -0.2) is 12.3 Å². The van der Waals surface area contributed by atoms with Crippen molar-refractivity contribution in [2.75, 3.05) is 12.3 Å². The van der Waals surface area contributed by atoms with E-state index >= 15 is 0 Å². The number of benzene rings is 6. The Bertz CT molecular complexity index is 1820. The molecule has 0 fully saturated rings. The van der Waals surface area contributed by atoms with Crippen LogP contribution < -0.4 is 0 Å². The first-order valence-electron chi connectivity index (χ1n) is 16.4. The van der Waals surface area contributed by atoms with Gasteiger partial charge in [-0.2, -0.15) is 0 Å². The number of rotatable bonds is 8. The topological polar surface area (TPSA) is 0 Å². The summed E-state index contributed by atoms with van der Waals surface area (Å²) in [7, 11) is 0. The molecular formula is C42H42BrP. The molecule has 0 nitrogen and oxygen atoms in total. The summed E-state index contributed by atoms with van der Waals surface area (Å²) in [6.07, 6.45) is 9.80. The zero-order chi connectivity index (χ0) is 30.2. The van der Waals surface area contributed by atoms with Crippen molar-refractivity contribution < 1.29 is 0 Å². The van der Waals surface area contributed by atoms with Gasteiger partial charge >= 0.3 is 272 Å². The average molecular weight is 658 g/mol. The fourth-order valence-corrected chi connectivity index (χ4v) is 16.2. The second kappa shape index (κ2) is 11.9. The van der Waals surface area contributed by atoms with E-state index in [-0.39, 0.29) is 0 Å². The Morgan fingerprint density at radius 3 is 1.32 bits per heavy atom. The zero-order valence-electron chi connectivity index (χ0n) is 26.0. The minimum absolute atomic E-state index is 1.13. The fourth-order valence-electron chi connectivity index (χ4n) is 7.81. The summed E-state index contributed by atoms with van der Waals surface area (Å²) in [6, 6.07) is 45.6. The molecule has 0 aliphatic carbocycles. The van der Waals surface area contributed by atoms with Gasteiger partial charge in [-0.15, -0.1) is 0 Å². The molecule has 0 unspecified atom stereocenters. The van der Waals surface area contributed by atoms with Gasteiger partial charge < -0.3 is 0 Å². The van der Waals surface area contributed by atoms with Gasteiger partial charge in [0.2, 0.25) is 0 Å². The van der Waals surface area contributed by atoms with Crippen LogP contribution in [0.25, 0.3) is 54.9 Å². The minimum atomic E-state index is -2.49. The third kappa shape index (κ3) is 5.23. The van der Waals surface area contributed by atoms with Crippen LogP contribution in [0.1, 0.15) is 50.7 Å². The SMILES string of the molecule is CCCCP1(Br)(CCCC)Cc2c(-c3ccccc3)cc3ccccc3c2-c2c(c(-c3ccccc3)cc3ccccc23)C1. The van der Waals surface area contributed by atoms with Crippen molar-refractivity contribution in [1.82, 2.24) is 0 Å². The maximum atomic E-state index is 4.87. The number of halogens is 1. The summed E-state index contributed by atoms with van der Waals surface area (Å²) in [5.74, 6) is 0. The summed E-state index contributed by atoms with van der Waals surface area (Å²) in [6.45, 7) is 4.72. The van der Waals surface area contributed by atoms with Crippen molar-refractivity contribution in [1.29, 1.82) is 0 Å². The molecule has 0 spiro atoms. The van der Waals surface area contributed by atoms with E-state index in [4.69, 9.17) is 15.5 Å². The Kier molecular flexibility index (Phi) is 7.98. The fraction of sp³-hybridized carbons (Fsp3) is 0.238. The predicted molar refractivity (Wildman–Crippen MR) is 201 cm³/mol. The van der Waals surface area contributed by atoms with Crippen molar-refractivity contribution in [3.8, 4) is 33.4 Å². The van der Waals surface area contributed by atoms with E-state index < -0.39 is 5.31 Å². The van der Waals surface area contributed by atoms with Gasteiger partial charge in [0.25, 0.3) is 0 Å². The van der Waals surface area contributed by atoms with Gasteiger partial charge in [-0.05, 0) is 0 Å². The number of fused-ring (bicyclic) bond motifs is 7. The number of hydrogen-bond acceptors (Lipinski definition) is 0. The van der Waals surface area contributed by atoms with Crippen molar-refractivity contribution in [2.24, 2.45) is 0 Å². The third-order valence-electron chi connectivity index (χ3n) is 9.98. The Hall–Kier alpha value is -3.25. The van der Waals surface area contributed by atoms with Crippen LogP contribution in [0.3, 0.4) is 0 Å². The first kappa shape index (κ1) is 29.5. The van der Waals surface area contributed by atoms with Gasteiger partial charge in [-0.3, -0.25) is 0 Å². The molecule has 0 N–H and O–H groups in total. The van der Waals surface area contributed by atoms with E-state index in [0.717, 1.165) is 12.3 Å². The summed E-state index contributed by atoms with van der Waals surface area (Å²) >= 11 is 4.87. The number of hydrogen-bond donors (Lipinski definition) is 0. The molecule has 1 aliphatic rings. The molecule has 2 heteroatoms. The molecule has 0 bridgehead atoms. The zero-order valence-corrected chi connectivity index (χ0v) is 28.5. The van der Waals surface area contributed by atoms with Crippen molar-refractivity contribution in [3.05, 3.63) is 132 Å². The molecule has 44 heavy (non-hydrogen) atoms. The van der Waals surface area contributed by atoms with E-state index in [9.17, 15) is 0 Å². The summed E-state index contributed by atoms with van der Waals surface area (Å²) in [4.78, 5) is 0. The van der Waals surface area contributed by atoms with Crippen LogP contribution in [0.5, 0.6) is 0 Å². The van der Waals surface area contributed by atoms with Crippen molar-refractivity contribution >= 4 is 42.3 Å². The van der Waals surface area contributed by atoms with Gasteiger partial charge in [-0.25, -0.2) is 0 Å². The predicted octanol–water partition coefficient (Wildman–Crippen LogP) is 13.5. The van der Waals surface area contributed by atoms with E-state index in [2.05, 4.69) is 135 Å². The third-order valence-corrected chi connectivity index (χ3v) is 18.7. The van der Waals surface area contributed by atoms with Crippen LogP contribution in [0.15, 0.2) is 121 Å². The normalized spacial score (nSPS) is 16.0. The van der Waals surface area contributed by atoms with Crippen molar-refractivity contribution in [2.45, 2.75) is 51.9 Å². The molecule has 0 aromatic heterocycles. The van der Waals surface area contributed by atoms with Gasteiger partial charge in [0, 0.05) is 0 Å². The molecule has 6 aromatic carbocycles. The second-order valence-corrected chi connectivity index (χ2v) is 24.2. The first-order valence-corrected chi connectivity index (χ1v) is 21.4. The Balaban J connectivity index is 1.71. The molecule has 0 saturated heterocycles. The van der Waals surface area contributed by atoms with Crippen LogP contribution in [0.4, 0.5) is 0 Å². The van der Waals surface area contributed by atoms with E-state index in [1.54, 1.807) is 11.1 Å². The first-order chi connectivity index (χ1) is 21.5. The van der Waals surface area contributed by atoms with Crippen LogP contribution >= 0.6 is 20.8 Å².